The number of amides is 1. The van der Waals surface area contributed by atoms with Crippen molar-refractivity contribution in [3.63, 3.8) is 0 Å². The Morgan fingerprint density at radius 1 is 1.07 bits per heavy atom. The highest BCUT2D eigenvalue weighted by atomic mass is 35.5. The summed E-state index contributed by atoms with van der Waals surface area (Å²) in [7, 11) is 1.56. The van der Waals surface area contributed by atoms with Gasteiger partial charge in [-0.3, -0.25) is 14.5 Å². The van der Waals surface area contributed by atoms with Gasteiger partial charge < -0.3 is 4.74 Å². The maximum Gasteiger partial charge on any atom is 0.232 e. The van der Waals surface area contributed by atoms with Crippen LogP contribution in [-0.4, -0.2) is 18.8 Å². The summed E-state index contributed by atoms with van der Waals surface area (Å²) >= 11 is 6.27. The van der Waals surface area contributed by atoms with Crippen LogP contribution in [0.25, 0.3) is 0 Å². The van der Waals surface area contributed by atoms with Gasteiger partial charge in [-0.15, -0.1) is 0 Å². The summed E-state index contributed by atoms with van der Waals surface area (Å²) in [5.74, 6) is 0.456. The molecule has 4 nitrogen and oxygen atoms in total. The molecule has 1 aliphatic carbocycles. The van der Waals surface area contributed by atoms with Gasteiger partial charge in [-0.05, 0) is 43.9 Å². The summed E-state index contributed by atoms with van der Waals surface area (Å²) in [6.07, 6.45) is 2.23. The molecule has 1 aliphatic heterocycles. The Bertz CT molecular complexity index is 1020. The lowest BCUT2D eigenvalue weighted by Gasteiger charge is -2.39. The number of Topliss-reactive ketones (excluding diaryl/α,β-unsaturated/α-hetero) is 1. The van der Waals surface area contributed by atoms with E-state index in [1.165, 1.54) is 0 Å². The largest absolute Gasteiger partial charge is 0.495 e. The standard InChI is InChI=1S/C24H24ClNO3/c1-14-7-9-16(10-8-14)17-12-23(28)26(19-5-4-6-21(27)24(17)19)20-11-15(2)18(25)13-22(20)29-3/h7-11,13,17H,4-6,12H2,1-3H3. The molecular weight excluding hydrogens is 386 g/mol. The van der Waals surface area contributed by atoms with E-state index in [0.717, 1.165) is 34.4 Å². The van der Waals surface area contributed by atoms with Gasteiger partial charge in [0.25, 0.3) is 0 Å². The van der Waals surface area contributed by atoms with Gasteiger partial charge in [-0.2, -0.15) is 0 Å². The number of ether oxygens (including phenoxy) is 1. The van der Waals surface area contributed by atoms with E-state index < -0.39 is 0 Å². The Balaban J connectivity index is 1.89. The number of methoxy groups -OCH3 is 1. The fraction of sp³-hybridized carbons (Fsp3) is 0.333. The van der Waals surface area contributed by atoms with Crippen molar-refractivity contribution < 1.29 is 14.3 Å². The first-order valence-electron chi connectivity index (χ1n) is 9.90. The van der Waals surface area contributed by atoms with E-state index >= 15 is 0 Å². The summed E-state index contributed by atoms with van der Waals surface area (Å²) in [5, 5.41) is 0.585. The quantitative estimate of drug-likeness (QED) is 0.673. The van der Waals surface area contributed by atoms with E-state index in [4.69, 9.17) is 16.3 Å². The van der Waals surface area contributed by atoms with Gasteiger partial charge in [0.15, 0.2) is 5.78 Å². The van der Waals surface area contributed by atoms with Crippen LogP contribution in [-0.2, 0) is 9.59 Å². The van der Waals surface area contributed by atoms with Crippen LogP contribution in [0.1, 0.15) is 48.3 Å². The Kier molecular flexibility index (Phi) is 5.22. The molecule has 2 aromatic rings. The molecule has 0 spiro atoms. The zero-order chi connectivity index (χ0) is 20.7. The molecule has 0 saturated carbocycles. The normalized spacial score (nSPS) is 19.4. The minimum absolute atomic E-state index is 0.0240. The molecule has 0 aromatic heterocycles. The second kappa shape index (κ2) is 7.68. The minimum atomic E-state index is -0.193. The zero-order valence-corrected chi connectivity index (χ0v) is 17.7. The summed E-state index contributed by atoms with van der Waals surface area (Å²) in [5.41, 5.74) is 5.27. The van der Waals surface area contributed by atoms with Crippen LogP contribution in [0.3, 0.4) is 0 Å². The molecule has 1 heterocycles. The van der Waals surface area contributed by atoms with Crippen LogP contribution in [0.4, 0.5) is 5.69 Å². The molecule has 150 valence electrons. The third kappa shape index (κ3) is 3.46. The minimum Gasteiger partial charge on any atom is -0.495 e. The van der Waals surface area contributed by atoms with E-state index in [9.17, 15) is 9.59 Å². The number of hydrogen-bond acceptors (Lipinski definition) is 3. The predicted octanol–water partition coefficient (Wildman–Crippen LogP) is 5.49. The van der Waals surface area contributed by atoms with Crippen molar-refractivity contribution in [1.82, 2.24) is 0 Å². The van der Waals surface area contributed by atoms with Gasteiger partial charge in [0.1, 0.15) is 5.75 Å². The van der Waals surface area contributed by atoms with Crippen molar-refractivity contribution in [2.45, 2.75) is 45.4 Å². The molecule has 1 unspecified atom stereocenters. The molecule has 0 saturated heterocycles. The molecule has 0 bridgehead atoms. The average Bonchev–Trinajstić information content (AvgIpc) is 2.70. The van der Waals surface area contributed by atoms with E-state index in [1.54, 1.807) is 18.1 Å². The molecule has 29 heavy (non-hydrogen) atoms. The van der Waals surface area contributed by atoms with Crippen LogP contribution in [0.5, 0.6) is 5.75 Å². The van der Waals surface area contributed by atoms with Crippen molar-refractivity contribution in [1.29, 1.82) is 0 Å². The third-order valence-electron chi connectivity index (χ3n) is 5.86. The lowest BCUT2D eigenvalue weighted by molar-refractivity contribution is -0.119. The Morgan fingerprint density at radius 3 is 2.48 bits per heavy atom. The monoisotopic (exact) mass is 409 g/mol. The average molecular weight is 410 g/mol. The molecular formula is C24H24ClNO3. The second-order valence-electron chi connectivity index (χ2n) is 7.81. The predicted molar refractivity (Wildman–Crippen MR) is 115 cm³/mol. The van der Waals surface area contributed by atoms with Crippen molar-refractivity contribution in [3.8, 4) is 5.75 Å². The van der Waals surface area contributed by atoms with E-state index in [2.05, 4.69) is 0 Å². The molecule has 0 N–H and O–H groups in total. The van der Waals surface area contributed by atoms with Gasteiger partial charge in [-0.1, -0.05) is 41.4 Å². The topological polar surface area (TPSA) is 46.6 Å². The number of nitrogens with zero attached hydrogens (tertiary/aromatic N) is 1. The number of hydrogen-bond donors (Lipinski definition) is 0. The summed E-state index contributed by atoms with van der Waals surface area (Å²) in [4.78, 5) is 28.0. The maximum absolute atomic E-state index is 13.4. The van der Waals surface area contributed by atoms with Crippen LogP contribution in [0.15, 0.2) is 47.7 Å². The van der Waals surface area contributed by atoms with Gasteiger partial charge in [0.2, 0.25) is 5.91 Å². The summed E-state index contributed by atoms with van der Waals surface area (Å²) in [6.45, 7) is 3.93. The Morgan fingerprint density at radius 2 is 1.79 bits per heavy atom. The fourth-order valence-corrected chi connectivity index (χ4v) is 4.50. The van der Waals surface area contributed by atoms with Crippen LogP contribution in [0, 0.1) is 13.8 Å². The van der Waals surface area contributed by atoms with Crippen molar-refractivity contribution in [2.24, 2.45) is 0 Å². The summed E-state index contributed by atoms with van der Waals surface area (Å²) < 4.78 is 5.53. The van der Waals surface area contributed by atoms with Crippen LogP contribution in [0.2, 0.25) is 5.02 Å². The highest BCUT2D eigenvalue weighted by Crippen LogP contribution is 2.46. The second-order valence-corrected chi connectivity index (χ2v) is 8.21. The van der Waals surface area contributed by atoms with E-state index in [-0.39, 0.29) is 24.0 Å². The van der Waals surface area contributed by atoms with Gasteiger partial charge in [0, 0.05) is 41.1 Å². The number of anilines is 1. The number of carbonyl (C=O) groups is 2. The van der Waals surface area contributed by atoms with E-state index in [0.29, 0.717) is 29.3 Å². The molecule has 2 aromatic carbocycles. The number of halogens is 1. The number of carbonyl (C=O) groups excluding carboxylic acids is 2. The fourth-order valence-electron chi connectivity index (χ4n) is 4.34. The highest BCUT2D eigenvalue weighted by Gasteiger charge is 2.40. The molecule has 0 fully saturated rings. The SMILES string of the molecule is COc1cc(Cl)c(C)cc1N1C(=O)CC(c2ccc(C)cc2)C2=C1CCCC2=O. The van der Waals surface area contributed by atoms with Gasteiger partial charge >= 0.3 is 0 Å². The molecule has 5 heteroatoms. The third-order valence-corrected chi connectivity index (χ3v) is 6.26. The Labute approximate surface area is 176 Å². The summed E-state index contributed by atoms with van der Waals surface area (Å²) in [6, 6.07) is 11.7. The number of allylic oxidation sites excluding steroid dienone is 2. The van der Waals surface area contributed by atoms with Crippen LogP contribution < -0.4 is 9.64 Å². The molecule has 1 atom stereocenters. The zero-order valence-electron chi connectivity index (χ0n) is 16.9. The number of benzene rings is 2. The Hall–Kier alpha value is -2.59. The maximum atomic E-state index is 13.4. The number of ketones is 1. The highest BCUT2D eigenvalue weighted by molar-refractivity contribution is 6.31. The van der Waals surface area contributed by atoms with E-state index in [1.807, 2.05) is 44.2 Å². The molecule has 0 radical (unpaired) electrons. The number of aryl methyl sites for hydroxylation is 2. The van der Waals surface area contributed by atoms with Gasteiger partial charge in [0.05, 0.1) is 12.8 Å². The lowest BCUT2D eigenvalue weighted by Crippen LogP contribution is -2.40. The van der Waals surface area contributed by atoms with Crippen molar-refractivity contribution in [3.05, 3.63) is 69.4 Å². The molecule has 2 aliphatic rings. The first-order chi connectivity index (χ1) is 13.9. The van der Waals surface area contributed by atoms with Crippen molar-refractivity contribution in [2.75, 3.05) is 12.0 Å². The molecule has 1 amide bonds. The number of rotatable bonds is 3. The van der Waals surface area contributed by atoms with Gasteiger partial charge in [-0.25, -0.2) is 0 Å². The van der Waals surface area contributed by atoms with Crippen molar-refractivity contribution >= 4 is 29.0 Å². The first kappa shape index (κ1) is 19.7. The molecule has 4 rings (SSSR count). The van der Waals surface area contributed by atoms with Crippen LogP contribution >= 0.6 is 11.6 Å². The first-order valence-corrected chi connectivity index (χ1v) is 10.3. The smallest absolute Gasteiger partial charge is 0.232 e. The lowest BCUT2D eigenvalue weighted by atomic mass is 9.77.